The van der Waals surface area contributed by atoms with Crippen LogP contribution in [0.25, 0.3) is 0 Å². The highest BCUT2D eigenvalue weighted by Gasteiger charge is 2.15. The van der Waals surface area contributed by atoms with Crippen LogP contribution in [0.15, 0.2) is 67.0 Å². The fourth-order valence-corrected chi connectivity index (χ4v) is 2.68. The minimum atomic E-state index is -0.493. The fraction of sp³-hybridized carbons (Fsp3) is 0.182. The lowest BCUT2D eigenvalue weighted by Gasteiger charge is -2.10. The molecule has 3 aromatic rings. The van der Waals surface area contributed by atoms with Gasteiger partial charge in [-0.15, -0.1) is 0 Å². The molecule has 0 radical (unpaired) electrons. The summed E-state index contributed by atoms with van der Waals surface area (Å²) in [7, 11) is 0. The SMILES string of the molecule is CCOC(=O)c1ccccc1NC(=O)c1cnc(NCCc2ccccc2)cn1. The van der Waals surface area contributed by atoms with Crippen molar-refractivity contribution < 1.29 is 14.3 Å². The number of aromatic nitrogens is 2. The van der Waals surface area contributed by atoms with E-state index in [2.05, 4.69) is 32.7 Å². The highest BCUT2D eigenvalue weighted by atomic mass is 16.5. The van der Waals surface area contributed by atoms with E-state index in [1.807, 2.05) is 18.2 Å². The van der Waals surface area contributed by atoms with Crippen molar-refractivity contribution >= 4 is 23.4 Å². The van der Waals surface area contributed by atoms with Crippen LogP contribution in [0.1, 0.15) is 33.3 Å². The molecule has 0 unspecified atom stereocenters. The van der Waals surface area contributed by atoms with Crippen LogP contribution in [0.5, 0.6) is 0 Å². The normalized spacial score (nSPS) is 10.2. The Balaban J connectivity index is 1.59. The summed E-state index contributed by atoms with van der Waals surface area (Å²) in [6.07, 6.45) is 3.76. The van der Waals surface area contributed by atoms with Gasteiger partial charge in [0, 0.05) is 6.54 Å². The molecule has 3 rings (SSSR count). The van der Waals surface area contributed by atoms with Crippen molar-refractivity contribution in [1.82, 2.24) is 9.97 Å². The summed E-state index contributed by atoms with van der Waals surface area (Å²) >= 11 is 0. The Labute approximate surface area is 169 Å². The van der Waals surface area contributed by atoms with Gasteiger partial charge in [-0.1, -0.05) is 42.5 Å². The van der Waals surface area contributed by atoms with E-state index in [1.165, 1.54) is 18.0 Å². The van der Waals surface area contributed by atoms with Crippen molar-refractivity contribution in [1.29, 1.82) is 0 Å². The number of anilines is 2. The number of para-hydroxylation sites is 1. The molecule has 0 saturated heterocycles. The number of hydrogen-bond donors (Lipinski definition) is 2. The standard InChI is InChI=1S/C22H22N4O3/c1-2-29-22(28)17-10-6-7-11-18(17)26-21(27)19-14-25-20(15-24-19)23-13-12-16-8-4-3-5-9-16/h3-11,14-15H,2,12-13H2,1H3,(H,23,25)(H,26,27). The molecule has 7 nitrogen and oxygen atoms in total. The minimum Gasteiger partial charge on any atom is -0.462 e. The van der Waals surface area contributed by atoms with E-state index in [1.54, 1.807) is 31.2 Å². The molecule has 1 heterocycles. The average molecular weight is 390 g/mol. The van der Waals surface area contributed by atoms with Gasteiger partial charge in [0.2, 0.25) is 0 Å². The third-order valence-corrected chi connectivity index (χ3v) is 4.12. The van der Waals surface area contributed by atoms with Crippen molar-refractivity contribution in [2.24, 2.45) is 0 Å². The molecule has 0 bridgehead atoms. The van der Waals surface area contributed by atoms with Crippen LogP contribution in [-0.4, -0.2) is 35.0 Å². The predicted molar refractivity (Wildman–Crippen MR) is 111 cm³/mol. The first-order valence-electron chi connectivity index (χ1n) is 9.34. The summed E-state index contributed by atoms with van der Waals surface area (Å²) in [4.78, 5) is 32.9. The lowest BCUT2D eigenvalue weighted by atomic mass is 10.1. The molecule has 1 amide bonds. The van der Waals surface area contributed by atoms with Gasteiger partial charge >= 0.3 is 5.97 Å². The van der Waals surface area contributed by atoms with Gasteiger partial charge in [0.05, 0.1) is 30.3 Å². The number of carbonyl (C=O) groups is 2. The van der Waals surface area contributed by atoms with Crippen molar-refractivity contribution in [3.63, 3.8) is 0 Å². The van der Waals surface area contributed by atoms with Crippen LogP contribution >= 0.6 is 0 Å². The number of ether oxygens (including phenoxy) is 1. The first-order chi connectivity index (χ1) is 14.2. The maximum Gasteiger partial charge on any atom is 0.340 e. The van der Waals surface area contributed by atoms with Gasteiger partial charge in [0.1, 0.15) is 11.5 Å². The monoisotopic (exact) mass is 390 g/mol. The Bertz CT molecular complexity index is 959. The van der Waals surface area contributed by atoms with Crippen molar-refractivity contribution in [2.75, 3.05) is 23.8 Å². The fourth-order valence-electron chi connectivity index (χ4n) is 2.68. The molecule has 0 atom stereocenters. The summed E-state index contributed by atoms with van der Waals surface area (Å²) in [5.41, 5.74) is 2.03. The van der Waals surface area contributed by atoms with Gasteiger partial charge in [0.25, 0.3) is 5.91 Å². The number of nitrogens with zero attached hydrogens (tertiary/aromatic N) is 2. The first kappa shape index (κ1) is 20.0. The molecule has 0 aliphatic heterocycles. The molecule has 0 saturated carbocycles. The van der Waals surface area contributed by atoms with E-state index in [0.717, 1.165) is 6.42 Å². The number of benzene rings is 2. The zero-order valence-electron chi connectivity index (χ0n) is 16.1. The topological polar surface area (TPSA) is 93.2 Å². The Kier molecular flexibility index (Phi) is 6.89. The third kappa shape index (κ3) is 5.62. The van der Waals surface area contributed by atoms with Gasteiger partial charge < -0.3 is 15.4 Å². The van der Waals surface area contributed by atoms with Gasteiger partial charge in [-0.05, 0) is 31.0 Å². The zero-order chi connectivity index (χ0) is 20.5. The molecule has 2 N–H and O–H groups in total. The second-order valence-electron chi connectivity index (χ2n) is 6.17. The van der Waals surface area contributed by atoms with E-state index >= 15 is 0 Å². The van der Waals surface area contributed by atoms with Crippen molar-refractivity contribution in [3.8, 4) is 0 Å². The number of carbonyl (C=O) groups excluding carboxylic acids is 2. The summed E-state index contributed by atoms with van der Waals surface area (Å²) in [5, 5.41) is 5.87. The number of rotatable bonds is 8. The maximum absolute atomic E-state index is 12.5. The van der Waals surface area contributed by atoms with Crippen LogP contribution in [0.4, 0.5) is 11.5 Å². The molecule has 1 aromatic heterocycles. The number of hydrogen-bond acceptors (Lipinski definition) is 6. The van der Waals surface area contributed by atoms with Crippen LogP contribution < -0.4 is 10.6 Å². The van der Waals surface area contributed by atoms with E-state index in [-0.39, 0.29) is 17.9 Å². The highest BCUT2D eigenvalue weighted by molar-refractivity contribution is 6.06. The molecule has 0 fully saturated rings. The number of amides is 1. The molecule has 0 aliphatic carbocycles. The average Bonchev–Trinajstić information content (AvgIpc) is 2.75. The largest absolute Gasteiger partial charge is 0.462 e. The molecular formula is C22H22N4O3. The Morgan fingerprint density at radius 2 is 1.72 bits per heavy atom. The van der Waals surface area contributed by atoms with Gasteiger partial charge in [-0.2, -0.15) is 0 Å². The second kappa shape index (κ2) is 9.98. The van der Waals surface area contributed by atoms with E-state index in [9.17, 15) is 9.59 Å². The van der Waals surface area contributed by atoms with Crippen LogP contribution in [0, 0.1) is 0 Å². The van der Waals surface area contributed by atoms with Crippen LogP contribution in [-0.2, 0) is 11.2 Å². The van der Waals surface area contributed by atoms with Crippen LogP contribution in [0.3, 0.4) is 0 Å². The molecule has 7 heteroatoms. The molecule has 29 heavy (non-hydrogen) atoms. The summed E-state index contributed by atoms with van der Waals surface area (Å²) in [6.45, 7) is 2.69. The summed E-state index contributed by atoms with van der Waals surface area (Å²) < 4.78 is 5.01. The summed E-state index contributed by atoms with van der Waals surface area (Å²) in [5.74, 6) is -0.359. The predicted octanol–water partition coefficient (Wildman–Crippen LogP) is 3.56. The molecular weight excluding hydrogens is 368 g/mol. The van der Waals surface area contributed by atoms with E-state index < -0.39 is 11.9 Å². The van der Waals surface area contributed by atoms with E-state index in [0.29, 0.717) is 18.1 Å². The van der Waals surface area contributed by atoms with Crippen molar-refractivity contribution in [2.45, 2.75) is 13.3 Å². The smallest absolute Gasteiger partial charge is 0.340 e. The van der Waals surface area contributed by atoms with E-state index in [4.69, 9.17) is 4.74 Å². The quantitative estimate of drug-likeness (QED) is 0.571. The molecule has 148 valence electrons. The van der Waals surface area contributed by atoms with Gasteiger partial charge in [-0.3, -0.25) is 4.79 Å². The minimum absolute atomic E-state index is 0.150. The Morgan fingerprint density at radius 1 is 0.966 bits per heavy atom. The van der Waals surface area contributed by atoms with Gasteiger partial charge in [-0.25, -0.2) is 14.8 Å². The van der Waals surface area contributed by atoms with Crippen LogP contribution in [0.2, 0.25) is 0 Å². The van der Waals surface area contributed by atoms with Crippen molar-refractivity contribution in [3.05, 3.63) is 83.8 Å². The lowest BCUT2D eigenvalue weighted by molar-refractivity contribution is 0.0527. The third-order valence-electron chi connectivity index (χ3n) is 4.12. The Morgan fingerprint density at radius 3 is 2.45 bits per heavy atom. The van der Waals surface area contributed by atoms with Gasteiger partial charge in [0.15, 0.2) is 0 Å². The first-order valence-corrected chi connectivity index (χ1v) is 9.34. The maximum atomic E-state index is 12.5. The molecule has 0 aliphatic rings. The Hall–Kier alpha value is -3.74. The lowest BCUT2D eigenvalue weighted by Crippen LogP contribution is -2.17. The number of esters is 1. The number of nitrogens with one attached hydrogen (secondary N) is 2. The molecule has 2 aromatic carbocycles. The highest BCUT2D eigenvalue weighted by Crippen LogP contribution is 2.17. The molecule has 0 spiro atoms. The second-order valence-corrected chi connectivity index (χ2v) is 6.17. The zero-order valence-corrected chi connectivity index (χ0v) is 16.1. The summed E-state index contributed by atoms with van der Waals surface area (Å²) in [6, 6.07) is 16.8.